The van der Waals surface area contributed by atoms with Gasteiger partial charge in [-0.1, -0.05) is 13.8 Å². The van der Waals surface area contributed by atoms with Crippen LogP contribution in [0.1, 0.15) is 33.1 Å². The van der Waals surface area contributed by atoms with Crippen LogP contribution in [-0.4, -0.2) is 56.2 Å². The summed E-state index contributed by atoms with van der Waals surface area (Å²) < 4.78 is 5.32. The van der Waals surface area contributed by atoms with Crippen molar-refractivity contribution < 1.29 is 9.53 Å². The van der Waals surface area contributed by atoms with E-state index in [1.165, 1.54) is 6.42 Å². The summed E-state index contributed by atoms with van der Waals surface area (Å²) in [6, 6.07) is -0.373. The third kappa shape index (κ3) is 7.57. The maximum Gasteiger partial charge on any atom is 0.237 e. The third-order valence-electron chi connectivity index (χ3n) is 4.63. The Bertz CT molecular complexity index is 339. The second kappa shape index (κ2) is 11.5. The Morgan fingerprint density at radius 1 is 1.26 bits per heavy atom. The maximum atomic E-state index is 12.2. The van der Waals surface area contributed by atoms with Gasteiger partial charge >= 0.3 is 0 Å². The lowest BCUT2D eigenvalue weighted by Crippen LogP contribution is -2.48. The minimum Gasteiger partial charge on any atom is -0.381 e. The van der Waals surface area contributed by atoms with Crippen LogP contribution in [0.4, 0.5) is 0 Å². The molecule has 0 aliphatic carbocycles. The highest BCUT2D eigenvalue weighted by atomic mass is 35.5. The second-order valence-corrected chi connectivity index (χ2v) is 7.03. The number of halogens is 2. The van der Waals surface area contributed by atoms with Crippen molar-refractivity contribution in [2.75, 3.05) is 39.4 Å². The Morgan fingerprint density at radius 2 is 1.91 bits per heavy atom. The van der Waals surface area contributed by atoms with Crippen LogP contribution in [0.25, 0.3) is 0 Å². The van der Waals surface area contributed by atoms with Gasteiger partial charge in [0, 0.05) is 32.8 Å². The zero-order valence-corrected chi connectivity index (χ0v) is 16.0. The molecule has 0 radical (unpaired) electrons. The van der Waals surface area contributed by atoms with E-state index in [9.17, 15) is 4.79 Å². The molecule has 2 aliphatic rings. The van der Waals surface area contributed by atoms with E-state index in [1.54, 1.807) is 0 Å². The molecule has 2 heterocycles. The van der Waals surface area contributed by atoms with Crippen molar-refractivity contribution in [1.82, 2.24) is 10.2 Å². The first-order valence-electron chi connectivity index (χ1n) is 8.39. The fourth-order valence-corrected chi connectivity index (χ4v) is 3.41. The molecule has 2 aliphatic heterocycles. The van der Waals surface area contributed by atoms with Crippen LogP contribution in [0, 0.1) is 17.8 Å². The Balaban J connectivity index is 0.00000242. The summed E-state index contributed by atoms with van der Waals surface area (Å²) in [6.07, 6.45) is 2.99. The summed E-state index contributed by atoms with van der Waals surface area (Å²) in [4.78, 5) is 14.7. The van der Waals surface area contributed by atoms with Gasteiger partial charge in [0.25, 0.3) is 0 Å². The molecule has 5 nitrogen and oxygen atoms in total. The minimum absolute atomic E-state index is 0. The zero-order valence-electron chi connectivity index (χ0n) is 14.3. The van der Waals surface area contributed by atoms with Crippen molar-refractivity contribution in [3.63, 3.8) is 0 Å². The molecule has 2 atom stereocenters. The van der Waals surface area contributed by atoms with Gasteiger partial charge in [-0.3, -0.25) is 4.79 Å². The molecule has 2 fully saturated rings. The predicted octanol–water partition coefficient (Wildman–Crippen LogP) is 1.68. The van der Waals surface area contributed by atoms with Gasteiger partial charge in [0.05, 0.1) is 6.04 Å². The Labute approximate surface area is 152 Å². The number of ether oxygens (including phenoxy) is 1. The lowest BCUT2D eigenvalue weighted by atomic mass is 9.92. The van der Waals surface area contributed by atoms with E-state index in [4.69, 9.17) is 10.5 Å². The average molecular weight is 370 g/mol. The fourth-order valence-electron chi connectivity index (χ4n) is 3.41. The standard InChI is InChI=1S/C16H31N3O2.2ClH/c1-12(2)10-19-6-3-13(11-19)9-18-16(20)15(17)14-4-7-21-8-5-14;;/h12-15H,3-11,17H2,1-2H3,(H,18,20);2*1H. The number of hydrogen-bond donors (Lipinski definition) is 2. The molecule has 2 saturated heterocycles. The molecule has 2 rings (SSSR count). The molecule has 3 N–H and O–H groups in total. The molecule has 0 bridgehead atoms. The molecule has 23 heavy (non-hydrogen) atoms. The number of nitrogens with two attached hydrogens (primary N) is 1. The number of rotatable bonds is 6. The first-order valence-corrected chi connectivity index (χ1v) is 8.39. The lowest BCUT2D eigenvalue weighted by Gasteiger charge is -2.27. The van der Waals surface area contributed by atoms with E-state index in [1.807, 2.05) is 0 Å². The van der Waals surface area contributed by atoms with Crippen molar-refractivity contribution in [1.29, 1.82) is 0 Å². The monoisotopic (exact) mass is 369 g/mol. The van der Waals surface area contributed by atoms with Crippen molar-refractivity contribution in [3.05, 3.63) is 0 Å². The van der Waals surface area contributed by atoms with Crippen LogP contribution in [0.15, 0.2) is 0 Å². The number of nitrogens with one attached hydrogen (secondary N) is 1. The first kappa shape index (κ1) is 22.9. The molecule has 2 unspecified atom stereocenters. The highest BCUT2D eigenvalue weighted by molar-refractivity contribution is 5.85. The Hall–Kier alpha value is -0.0700. The van der Waals surface area contributed by atoms with E-state index >= 15 is 0 Å². The van der Waals surface area contributed by atoms with Crippen LogP contribution >= 0.6 is 24.8 Å². The van der Waals surface area contributed by atoms with Crippen molar-refractivity contribution in [2.24, 2.45) is 23.5 Å². The van der Waals surface area contributed by atoms with Gasteiger partial charge in [-0.2, -0.15) is 0 Å². The second-order valence-electron chi connectivity index (χ2n) is 7.03. The highest BCUT2D eigenvalue weighted by Crippen LogP contribution is 2.19. The summed E-state index contributed by atoms with van der Waals surface area (Å²) in [7, 11) is 0. The normalized spacial score (nSPS) is 23.9. The molecule has 7 heteroatoms. The van der Waals surface area contributed by atoms with Crippen LogP contribution in [0.2, 0.25) is 0 Å². The third-order valence-corrected chi connectivity index (χ3v) is 4.63. The van der Waals surface area contributed by atoms with E-state index in [-0.39, 0.29) is 42.7 Å². The Morgan fingerprint density at radius 3 is 2.52 bits per heavy atom. The Kier molecular flexibility index (Phi) is 11.4. The molecule has 0 aromatic rings. The molecular formula is C16H33Cl2N3O2. The molecule has 1 amide bonds. The molecular weight excluding hydrogens is 337 g/mol. The fraction of sp³-hybridized carbons (Fsp3) is 0.938. The van der Waals surface area contributed by atoms with E-state index in [0.717, 1.165) is 52.2 Å². The van der Waals surface area contributed by atoms with Crippen LogP contribution < -0.4 is 11.1 Å². The van der Waals surface area contributed by atoms with Crippen LogP contribution in [-0.2, 0) is 9.53 Å². The topological polar surface area (TPSA) is 67.6 Å². The molecule has 0 saturated carbocycles. The number of likely N-dealkylation sites (tertiary alicyclic amines) is 1. The lowest BCUT2D eigenvalue weighted by molar-refractivity contribution is -0.124. The summed E-state index contributed by atoms with van der Waals surface area (Å²) in [5.74, 6) is 1.58. The van der Waals surface area contributed by atoms with Gasteiger partial charge in [0.15, 0.2) is 0 Å². The number of nitrogens with zero attached hydrogens (tertiary/aromatic N) is 1. The van der Waals surface area contributed by atoms with Gasteiger partial charge in [-0.15, -0.1) is 24.8 Å². The van der Waals surface area contributed by atoms with Gasteiger partial charge in [-0.05, 0) is 43.6 Å². The van der Waals surface area contributed by atoms with Gasteiger partial charge < -0.3 is 20.7 Å². The quantitative estimate of drug-likeness (QED) is 0.747. The highest BCUT2D eigenvalue weighted by Gasteiger charge is 2.28. The van der Waals surface area contributed by atoms with Crippen molar-refractivity contribution in [3.8, 4) is 0 Å². The van der Waals surface area contributed by atoms with Crippen LogP contribution in [0.5, 0.6) is 0 Å². The van der Waals surface area contributed by atoms with Crippen molar-refractivity contribution in [2.45, 2.75) is 39.2 Å². The molecule has 0 spiro atoms. The smallest absolute Gasteiger partial charge is 0.237 e. The average Bonchev–Trinajstić information content (AvgIpc) is 2.91. The van der Waals surface area contributed by atoms with Crippen LogP contribution in [0.3, 0.4) is 0 Å². The van der Waals surface area contributed by atoms with E-state index < -0.39 is 0 Å². The summed E-state index contributed by atoms with van der Waals surface area (Å²) in [5.41, 5.74) is 6.09. The van der Waals surface area contributed by atoms with E-state index in [2.05, 4.69) is 24.1 Å². The summed E-state index contributed by atoms with van der Waals surface area (Å²) in [5, 5.41) is 3.06. The molecule has 138 valence electrons. The number of carbonyl (C=O) groups excluding carboxylic acids is 1. The number of amides is 1. The minimum atomic E-state index is -0.373. The summed E-state index contributed by atoms with van der Waals surface area (Å²) >= 11 is 0. The van der Waals surface area contributed by atoms with Crippen molar-refractivity contribution >= 4 is 30.7 Å². The summed E-state index contributed by atoms with van der Waals surface area (Å²) in [6.45, 7) is 10.2. The van der Waals surface area contributed by atoms with Gasteiger partial charge in [0.1, 0.15) is 0 Å². The molecule has 0 aromatic heterocycles. The number of carbonyl (C=O) groups is 1. The molecule has 0 aromatic carbocycles. The van der Waals surface area contributed by atoms with Gasteiger partial charge in [0.2, 0.25) is 5.91 Å². The number of hydrogen-bond acceptors (Lipinski definition) is 4. The largest absolute Gasteiger partial charge is 0.381 e. The van der Waals surface area contributed by atoms with E-state index in [0.29, 0.717) is 11.8 Å². The zero-order chi connectivity index (χ0) is 15.2. The van der Waals surface area contributed by atoms with Gasteiger partial charge in [-0.25, -0.2) is 0 Å². The first-order chi connectivity index (χ1) is 10.1. The predicted molar refractivity (Wildman–Crippen MR) is 98.4 cm³/mol. The maximum absolute atomic E-state index is 12.2. The SMILES string of the molecule is CC(C)CN1CCC(CNC(=O)C(N)C2CCOCC2)C1.Cl.Cl.